The fraction of sp³-hybridized carbons (Fsp3) is 0.320. The molecule has 0 aliphatic heterocycles. The van der Waals surface area contributed by atoms with Gasteiger partial charge >= 0.3 is 5.97 Å². The zero-order valence-electron chi connectivity index (χ0n) is 18.7. The average Bonchev–Trinajstić information content (AvgIpc) is 3.12. The van der Waals surface area contributed by atoms with Crippen LogP contribution in [0.1, 0.15) is 61.0 Å². The lowest BCUT2D eigenvalue weighted by Crippen LogP contribution is -2.15. The largest absolute Gasteiger partial charge is 0.441 e. The van der Waals surface area contributed by atoms with Gasteiger partial charge in [0.1, 0.15) is 11.5 Å². The van der Waals surface area contributed by atoms with Gasteiger partial charge in [-0.25, -0.2) is 4.98 Å². The maximum Gasteiger partial charge on any atom is 0.308 e. The van der Waals surface area contributed by atoms with Crippen molar-refractivity contribution in [2.75, 3.05) is 0 Å². The number of ether oxygens (including phenoxy) is 1. The molecule has 32 heavy (non-hydrogen) atoms. The molecule has 1 atom stereocenters. The third-order valence-electron chi connectivity index (χ3n) is 5.07. The number of aryl methyl sites for hydroxylation is 1. The molecule has 0 spiro atoms. The second kappa shape index (κ2) is 9.88. The minimum atomic E-state index is -0.399. The summed E-state index contributed by atoms with van der Waals surface area (Å²) in [5.74, 6) is 0.925. The first-order valence-electron chi connectivity index (χ1n) is 10.3. The molecule has 7 heteroatoms. The molecule has 168 valence electrons. The summed E-state index contributed by atoms with van der Waals surface area (Å²) in [7, 11) is 0. The molecule has 1 aromatic heterocycles. The summed E-state index contributed by atoms with van der Waals surface area (Å²) < 4.78 is 11.2. The third kappa shape index (κ3) is 5.40. The summed E-state index contributed by atoms with van der Waals surface area (Å²) in [4.78, 5) is 29.0. The van der Waals surface area contributed by atoms with Crippen molar-refractivity contribution in [2.24, 2.45) is 5.92 Å². The summed E-state index contributed by atoms with van der Waals surface area (Å²) in [5.41, 5.74) is 2.67. The minimum absolute atomic E-state index is 0.0220. The van der Waals surface area contributed by atoms with Crippen LogP contribution in [0.3, 0.4) is 0 Å². The smallest absolute Gasteiger partial charge is 0.308 e. The summed E-state index contributed by atoms with van der Waals surface area (Å²) in [5, 5.41) is 0.983. The van der Waals surface area contributed by atoms with E-state index in [4.69, 9.17) is 32.4 Å². The van der Waals surface area contributed by atoms with Crippen LogP contribution in [0.4, 0.5) is 0 Å². The molecule has 0 radical (unpaired) electrons. The van der Waals surface area contributed by atoms with Crippen molar-refractivity contribution >= 4 is 35.0 Å². The van der Waals surface area contributed by atoms with Gasteiger partial charge in [0.15, 0.2) is 5.78 Å². The summed E-state index contributed by atoms with van der Waals surface area (Å²) in [6, 6.07) is 10.2. The van der Waals surface area contributed by atoms with E-state index >= 15 is 0 Å². The van der Waals surface area contributed by atoms with Crippen LogP contribution in [-0.4, -0.2) is 16.7 Å². The molecule has 0 amide bonds. The van der Waals surface area contributed by atoms with E-state index in [0.29, 0.717) is 39.2 Å². The number of esters is 1. The van der Waals surface area contributed by atoms with E-state index in [1.54, 1.807) is 43.3 Å². The maximum absolute atomic E-state index is 13.1. The van der Waals surface area contributed by atoms with Crippen LogP contribution in [0, 0.1) is 12.8 Å². The first kappa shape index (κ1) is 24.0. The Morgan fingerprint density at radius 3 is 2.41 bits per heavy atom. The molecule has 1 heterocycles. The van der Waals surface area contributed by atoms with Gasteiger partial charge < -0.3 is 9.15 Å². The fourth-order valence-electron chi connectivity index (χ4n) is 3.48. The quantitative estimate of drug-likeness (QED) is 0.208. The van der Waals surface area contributed by atoms with E-state index in [2.05, 4.69) is 4.98 Å². The Balaban J connectivity index is 1.86. The van der Waals surface area contributed by atoms with Crippen LogP contribution in [-0.2, 0) is 11.2 Å². The lowest BCUT2D eigenvalue weighted by atomic mass is 9.92. The molecule has 0 saturated carbocycles. The first-order valence-corrected chi connectivity index (χ1v) is 11.1. The predicted octanol–water partition coefficient (Wildman–Crippen LogP) is 7.07. The van der Waals surface area contributed by atoms with Gasteiger partial charge in [0.2, 0.25) is 5.89 Å². The lowest BCUT2D eigenvalue weighted by Gasteiger charge is -2.12. The number of halogens is 2. The predicted molar refractivity (Wildman–Crippen MR) is 126 cm³/mol. The molecule has 3 aromatic rings. The van der Waals surface area contributed by atoms with E-state index in [0.717, 1.165) is 17.0 Å². The molecule has 5 nitrogen and oxygen atoms in total. The number of Topliss-reactive ketones (excluding diaryl/α,β-unsaturated/α-hetero) is 1. The van der Waals surface area contributed by atoms with Gasteiger partial charge in [-0.2, -0.15) is 0 Å². The van der Waals surface area contributed by atoms with Crippen LogP contribution in [0.15, 0.2) is 40.8 Å². The van der Waals surface area contributed by atoms with Crippen molar-refractivity contribution in [2.45, 2.75) is 47.0 Å². The number of aromatic nitrogens is 1. The van der Waals surface area contributed by atoms with Crippen LogP contribution in [0.5, 0.6) is 5.75 Å². The van der Waals surface area contributed by atoms with Crippen molar-refractivity contribution < 1.29 is 18.7 Å². The second-order valence-electron chi connectivity index (χ2n) is 8.15. The standard InChI is InChI=1S/C25H25Cl2NO4/c1-13(2)24-21(28-25(32-24)19-8-7-18(26)12-20(19)27)11-15(4)23(30)17-6-9-22(14(3)10-17)31-16(5)29/h6-10,12-13,15H,11H2,1-5H3. The topological polar surface area (TPSA) is 69.4 Å². The Morgan fingerprint density at radius 2 is 1.81 bits per heavy atom. The lowest BCUT2D eigenvalue weighted by molar-refractivity contribution is -0.131. The molecule has 0 aliphatic rings. The number of rotatable bonds is 7. The highest BCUT2D eigenvalue weighted by atomic mass is 35.5. The van der Waals surface area contributed by atoms with Gasteiger partial charge in [0.05, 0.1) is 16.3 Å². The minimum Gasteiger partial charge on any atom is -0.441 e. The molecule has 0 fully saturated rings. The Kier molecular flexibility index (Phi) is 7.42. The average molecular weight is 474 g/mol. The van der Waals surface area contributed by atoms with E-state index in [1.807, 2.05) is 20.8 Å². The van der Waals surface area contributed by atoms with Gasteiger partial charge in [-0.05, 0) is 48.9 Å². The van der Waals surface area contributed by atoms with Crippen molar-refractivity contribution in [1.82, 2.24) is 4.98 Å². The van der Waals surface area contributed by atoms with Gasteiger partial charge in [0.25, 0.3) is 0 Å². The molecular formula is C25H25Cl2NO4. The highest BCUT2D eigenvalue weighted by Crippen LogP contribution is 2.34. The highest BCUT2D eigenvalue weighted by molar-refractivity contribution is 6.36. The molecule has 1 unspecified atom stereocenters. The maximum atomic E-state index is 13.1. The molecule has 3 rings (SSSR count). The molecule has 0 N–H and O–H groups in total. The van der Waals surface area contributed by atoms with E-state index in [1.165, 1.54) is 6.92 Å². The van der Waals surface area contributed by atoms with E-state index in [9.17, 15) is 9.59 Å². The number of oxazole rings is 1. The third-order valence-corrected chi connectivity index (χ3v) is 5.62. The van der Waals surface area contributed by atoms with Crippen LogP contribution < -0.4 is 4.74 Å². The Morgan fingerprint density at radius 1 is 1.09 bits per heavy atom. The van der Waals surface area contributed by atoms with Gasteiger partial charge in [0, 0.05) is 35.8 Å². The number of hydrogen-bond acceptors (Lipinski definition) is 5. The number of hydrogen-bond donors (Lipinski definition) is 0. The Labute approximate surface area is 197 Å². The molecule has 0 aliphatic carbocycles. The first-order chi connectivity index (χ1) is 15.1. The fourth-order valence-corrected chi connectivity index (χ4v) is 3.97. The molecule has 0 saturated heterocycles. The van der Waals surface area contributed by atoms with Crippen LogP contribution in [0.2, 0.25) is 10.0 Å². The normalized spacial score (nSPS) is 12.1. The van der Waals surface area contributed by atoms with Crippen LogP contribution in [0.25, 0.3) is 11.5 Å². The number of carbonyl (C=O) groups is 2. The van der Waals surface area contributed by atoms with E-state index in [-0.39, 0.29) is 17.6 Å². The highest BCUT2D eigenvalue weighted by Gasteiger charge is 2.24. The molecular weight excluding hydrogens is 449 g/mol. The van der Waals surface area contributed by atoms with Gasteiger partial charge in [-0.1, -0.05) is 44.0 Å². The van der Waals surface area contributed by atoms with Crippen molar-refractivity contribution in [3.05, 3.63) is 69.0 Å². The number of benzene rings is 2. The van der Waals surface area contributed by atoms with Gasteiger partial charge in [-0.15, -0.1) is 0 Å². The molecule has 0 bridgehead atoms. The monoisotopic (exact) mass is 473 g/mol. The zero-order chi connectivity index (χ0) is 23.6. The number of ketones is 1. The summed E-state index contributed by atoms with van der Waals surface area (Å²) >= 11 is 12.3. The summed E-state index contributed by atoms with van der Waals surface area (Å²) in [6.07, 6.45) is 0.422. The SMILES string of the molecule is CC(=O)Oc1ccc(C(=O)C(C)Cc2nc(-c3ccc(Cl)cc3Cl)oc2C(C)C)cc1C. The zero-order valence-corrected chi connectivity index (χ0v) is 20.2. The number of nitrogens with zero attached hydrogens (tertiary/aromatic N) is 1. The van der Waals surface area contributed by atoms with Crippen molar-refractivity contribution in [3.63, 3.8) is 0 Å². The number of carbonyl (C=O) groups excluding carboxylic acids is 2. The van der Waals surface area contributed by atoms with Gasteiger partial charge in [-0.3, -0.25) is 9.59 Å². The van der Waals surface area contributed by atoms with Crippen LogP contribution >= 0.6 is 23.2 Å². The van der Waals surface area contributed by atoms with Crippen molar-refractivity contribution in [1.29, 1.82) is 0 Å². The Hall–Kier alpha value is -2.63. The molecule has 2 aromatic carbocycles. The van der Waals surface area contributed by atoms with E-state index < -0.39 is 5.97 Å². The Bertz CT molecular complexity index is 1170. The van der Waals surface area contributed by atoms with Crippen molar-refractivity contribution in [3.8, 4) is 17.2 Å². The summed E-state index contributed by atoms with van der Waals surface area (Å²) in [6.45, 7) is 9.04. The second-order valence-corrected chi connectivity index (χ2v) is 9.00.